The molecule has 26 heavy (non-hydrogen) atoms. The van der Waals surface area contributed by atoms with Crippen LogP contribution < -0.4 is 10.6 Å². The van der Waals surface area contributed by atoms with Crippen molar-refractivity contribution in [2.75, 3.05) is 11.9 Å². The Bertz CT molecular complexity index is 806. The number of halogens is 6. The zero-order valence-electron chi connectivity index (χ0n) is 13.4. The molecule has 0 bridgehead atoms. The maximum Gasteiger partial charge on any atom is 0.436 e. The molecule has 4 nitrogen and oxygen atoms in total. The minimum Gasteiger partial charge on any atom is -0.362 e. The number of anilines is 1. The summed E-state index contributed by atoms with van der Waals surface area (Å²) in [6.07, 6.45) is -4.22. The van der Waals surface area contributed by atoms with Gasteiger partial charge in [0.15, 0.2) is 10.8 Å². The third-order valence-electron chi connectivity index (χ3n) is 3.41. The third-order valence-corrected chi connectivity index (χ3v) is 4.11. The molecule has 0 radical (unpaired) electrons. The van der Waals surface area contributed by atoms with Crippen molar-refractivity contribution in [1.82, 2.24) is 15.1 Å². The predicted molar refractivity (Wildman–Crippen MR) is 92.2 cm³/mol. The number of alkyl halides is 3. The highest BCUT2D eigenvalue weighted by molar-refractivity contribution is 7.80. The fourth-order valence-corrected chi connectivity index (χ4v) is 2.57. The van der Waals surface area contributed by atoms with Gasteiger partial charge in [0, 0.05) is 19.2 Å². The first-order valence-electron chi connectivity index (χ1n) is 7.39. The molecule has 2 rings (SSSR count). The minimum atomic E-state index is -4.62. The molecular weight excluding hydrogens is 399 g/mol. The fourth-order valence-electron chi connectivity index (χ4n) is 2.11. The standard InChI is InChI=1S/C15H14ClF5N4S/c1-8-12(16)13(15(19,20)21)24-25(8)6-2-5-22-14(26)23-11-4-3-9(17)7-10(11)18/h3-4,7H,2,5-6H2,1H3,(H2,22,23,26). The Hall–Kier alpha value is -1.94. The lowest BCUT2D eigenvalue weighted by atomic mass is 10.3. The summed E-state index contributed by atoms with van der Waals surface area (Å²) in [5, 5.41) is 8.51. The molecule has 0 fully saturated rings. The molecule has 1 heterocycles. The first-order chi connectivity index (χ1) is 12.1. The van der Waals surface area contributed by atoms with Crippen molar-refractivity contribution in [3.8, 4) is 0 Å². The lowest BCUT2D eigenvalue weighted by Crippen LogP contribution is -2.30. The van der Waals surface area contributed by atoms with Crippen LogP contribution in [-0.4, -0.2) is 21.4 Å². The summed E-state index contributed by atoms with van der Waals surface area (Å²) in [4.78, 5) is 0. The molecule has 2 aromatic rings. The van der Waals surface area contributed by atoms with Gasteiger partial charge in [-0.15, -0.1) is 0 Å². The second-order valence-electron chi connectivity index (χ2n) is 5.33. The monoisotopic (exact) mass is 412 g/mol. The van der Waals surface area contributed by atoms with Crippen LogP contribution in [0.2, 0.25) is 5.02 Å². The van der Waals surface area contributed by atoms with Gasteiger partial charge in [-0.2, -0.15) is 18.3 Å². The number of thiocarbonyl (C=S) groups is 1. The highest BCUT2D eigenvalue weighted by Gasteiger charge is 2.38. The van der Waals surface area contributed by atoms with Gasteiger partial charge in [0.1, 0.15) is 11.6 Å². The lowest BCUT2D eigenvalue weighted by molar-refractivity contribution is -0.141. The van der Waals surface area contributed by atoms with Crippen molar-refractivity contribution >= 4 is 34.6 Å². The lowest BCUT2D eigenvalue weighted by Gasteiger charge is -2.11. The van der Waals surface area contributed by atoms with Gasteiger partial charge >= 0.3 is 6.18 Å². The van der Waals surface area contributed by atoms with E-state index in [1.54, 1.807) is 0 Å². The molecule has 2 N–H and O–H groups in total. The summed E-state index contributed by atoms with van der Waals surface area (Å²) >= 11 is 10.6. The molecular formula is C15H14ClF5N4S. The maximum atomic E-state index is 13.5. The van der Waals surface area contributed by atoms with Gasteiger partial charge in [-0.3, -0.25) is 4.68 Å². The van der Waals surface area contributed by atoms with Crippen molar-refractivity contribution in [3.63, 3.8) is 0 Å². The van der Waals surface area contributed by atoms with E-state index in [4.69, 9.17) is 23.8 Å². The second kappa shape index (κ2) is 8.17. The smallest absolute Gasteiger partial charge is 0.362 e. The average Bonchev–Trinajstić information content (AvgIpc) is 2.82. The Morgan fingerprint density at radius 3 is 2.58 bits per heavy atom. The Labute approximate surface area is 156 Å². The molecule has 0 aliphatic rings. The van der Waals surface area contributed by atoms with E-state index >= 15 is 0 Å². The number of nitrogens with one attached hydrogen (secondary N) is 2. The van der Waals surface area contributed by atoms with Crippen LogP contribution >= 0.6 is 23.8 Å². The SMILES string of the molecule is Cc1c(Cl)c(C(F)(F)F)nn1CCCNC(=S)Nc1ccc(F)cc1F. The number of hydrogen-bond donors (Lipinski definition) is 2. The summed E-state index contributed by atoms with van der Waals surface area (Å²) in [7, 11) is 0. The van der Waals surface area contributed by atoms with E-state index in [1.165, 1.54) is 17.7 Å². The van der Waals surface area contributed by atoms with E-state index in [0.29, 0.717) is 19.0 Å². The number of aryl methyl sites for hydroxylation is 1. The minimum absolute atomic E-state index is 0.00780. The van der Waals surface area contributed by atoms with Gasteiger partial charge in [-0.05, 0) is 37.7 Å². The highest BCUT2D eigenvalue weighted by Crippen LogP contribution is 2.35. The molecule has 1 aromatic carbocycles. The number of nitrogens with zero attached hydrogens (tertiary/aromatic N) is 2. The fraction of sp³-hybridized carbons (Fsp3) is 0.333. The van der Waals surface area contributed by atoms with E-state index in [9.17, 15) is 22.0 Å². The summed E-state index contributed by atoms with van der Waals surface area (Å²) in [6.45, 7) is 1.93. The number of benzene rings is 1. The predicted octanol–water partition coefficient (Wildman–Crippen LogP) is 4.52. The van der Waals surface area contributed by atoms with Gasteiger partial charge in [-0.1, -0.05) is 11.6 Å². The number of hydrogen-bond acceptors (Lipinski definition) is 2. The maximum absolute atomic E-state index is 13.5. The molecule has 0 atom stereocenters. The van der Waals surface area contributed by atoms with Crippen molar-refractivity contribution in [2.45, 2.75) is 26.1 Å². The number of aromatic nitrogens is 2. The zero-order valence-corrected chi connectivity index (χ0v) is 15.0. The largest absolute Gasteiger partial charge is 0.436 e. The van der Waals surface area contributed by atoms with Gasteiger partial charge in [0.25, 0.3) is 0 Å². The van der Waals surface area contributed by atoms with Crippen molar-refractivity contribution in [1.29, 1.82) is 0 Å². The van der Waals surface area contributed by atoms with Gasteiger partial charge < -0.3 is 10.6 Å². The Balaban J connectivity index is 1.84. The third kappa shape index (κ3) is 5.04. The molecule has 0 saturated carbocycles. The molecule has 0 aliphatic carbocycles. The molecule has 0 aliphatic heterocycles. The van der Waals surface area contributed by atoms with Crippen LogP contribution in [0.1, 0.15) is 17.8 Å². The number of rotatable bonds is 5. The summed E-state index contributed by atoms with van der Waals surface area (Å²) in [5.41, 5.74) is -0.893. The van der Waals surface area contributed by atoms with Crippen LogP contribution in [0.4, 0.5) is 27.6 Å². The Morgan fingerprint density at radius 1 is 1.31 bits per heavy atom. The quantitative estimate of drug-likeness (QED) is 0.430. The Morgan fingerprint density at radius 2 is 2.00 bits per heavy atom. The van der Waals surface area contributed by atoms with E-state index in [0.717, 1.165) is 6.07 Å². The first-order valence-corrected chi connectivity index (χ1v) is 8.18. The van der Waals surface area contributed by atoms with Gasteiger partial charge in [0.2, 0.25) is 0 Å². The molecule has 0 unspecified atom stereocenters. The zero-order chi connectivity index (χ0) is 19.5. The van der Waals surface area contributed by atoms with Crippen LogP contribution in [0.15, 0.2) is 18.2 Å². The molecule has 1 aromatic heterocycles. The normalized spacial score (nSPS) is 11.5. The van der Waals surface area contributed by atoms with Gasteiger partial charge in [0.05, 0.1) is 16.4 Å². The molecule has 0 amide bonds. The van der Waals surface area contributed by atoms with Crippen LogP contribution in [0.5, 0.6) is 0 Å². The summed E-state index contributed by atoms with van der Waals surface area (Å²) in [6, 6.07) is 3.00. The van der Waals surface area contributed by atoms with E-state index in [2.05, 4.69) is 15.7 Å². The highest BCUT2D eigenvalue weighted by atomic mass is 35.5. The van der Waals surface area contributed by atoms with Crippen molar-refractivity contribution in [2.24, 2.45) is 0 Å². The topological polar surface area (TPSA) is 41.9 Å². The molecule has 11 heteroatoms. The van der Waals surface area contributed by atoms with E-state index in [1.807, 2.05) is 0 Å². The van der Waals surface area contributed by atoms with Crippen LogP contribution in [0.3, 0.4) is 0 Å². The van der Waals surface area contributed by atoms with Crippen molar-refractivity contribution < 1.29 is 22.0 Å². The van der Waals surface area contributed by atoms with Crippen LogP contribution in [0, 0.1) is 18.6 Å². The average molecular weight is 413 g/mol. The van der Waals surface area contributed by atoms with Crippen molar-refractivity contribution in [3.05, 3.63) is 46.2 Å². The van der Waals surface area contributed by atoms with E-state index < -0.39 is 28.5 Å². The summed E-state index contributed by atoms with van der Waals surface area (Å²) < 4.78 is 65.7. The Kier molecular flexibility index (Phi) is 6.40. The summed E-state index contributed by atoms with van der Waals surface area (Å²) in [5.74, 6) is -1.51. The second-order valence-corrected chi connectivity index (χ2v) is 6.11. The van der Waals surface area contributed by atoms with Crippen LogP contribution in [-0.2, 0) is 12.7 Å². The molecule has 0 saturated heterocycles. The van der Waals surface area contributed by atoms with Crippen LogP contribution in [0.25, 0.3) is 0 Å². The first kappa shape index (κ1) is 20.4. The molecule has 142 valence electrons. The van der Waals surface area contributed by atoms with E-state index in [-0.39, 0.29) is 23.0 Å². The molecule has 0 spiro atoms. The van der Waals surface area contributed by atoms with Gasteiger partial charge in [-0.25, -0.2) is 8.78 Å².